The standard InChI is InChI=1S/C16H14N2O3S.C13H14N2O2S.C12H8BrN3OS.C12H9N3O2S.C12H9N3OS.C9H8N2O.C9H9N/c1-12-6-8-15(9-7-12)22(19,20)21-18-16(11-17)14-5-3-4-13(2)10-14;1-3-17-13(16)12-10(14)11(15-18-12)9-6-4-5-8(2)7-9;13-5-7-2-1-3-8(4-7)9-10-11(18-16-9)12(17)15-6-14-10;16-5-7-2-1-3-8(4-7)9-10-11(18-15-9)12(17)14-6-13-10;1-7-3-2-4-8(5-7)9-10-11(17-15-9)12(16)14-6-13-10;1-7-3-2-4-8(5-7)9(6-10)11-12;1-8-3-2-4-9(7-8)5-6-10/h3-10H,1-2H3;4-7H,3,14H2,1-2H3;1-4,6H,5H2,(H,14,15,17);1-4,6,16H,5H2,(H,13,14,17);2-6H,1H3,(H,13,14,16);2-5,12H,1H3;2-4,7H,5H2,1H3. The maximum atomic E-state index is 12.0. The lowest BCUT2D eigenvalue weighted by Gasteiger charge is -2.03. The minimum atomic E-state index is -4.04. The molecule has 7 aromatic heterocycles. The zero-order valence-corrected chi connectivity index (χ0v) is 68.2. The van der Waals surface area contributed by atoms with Crippen molar-refractivity contribution in [2.45, 2.75) is 71.7 Å². The first kappa shape index (κ1) is 85.8. The number of nitrogens with two attached hydrogens (primary N) is 1. The number of aromatic nitrogens is 10. The fourth-order valence-electron chi connectivity index (χ4n) is 10.6. The molecule has 580 valence electrons. The van der Waals surface area contributed by atoms with Crippen molar-refractivity contribution in [2.75, 3.05) is 12.3 Å². The number of carbonyl (C=O) groups excluding carboxylic acids is 1. The number of carbonyl (C=O) groups is 1. The number of esters is 1. The van der Waals surface area contributed by atoms with Crippen LogP contribution in [0.25, 0.3) is 75.7 Å². The van der Waals surface area contributed by atoms with Gasteiger partial charge in [0.05, 0.1) is 50.4 Å². The zero-order valence-electron chi connectivity index (χ0n) is 62.6. The number of halogens is 1. The van der Waals surface area contributed by atoms with Gasteiger partial charge in [-0.3, -0.25) is 18.7 Å². The predicted molar refractivity (Wildman–Crippen MR) is 455 cm³/mol. The Balaban J connectivity index is 0.000000155. The van der Waals surface area contributed by atoms with E-state index in [0.29, 0.717) is 76.8 Å². The molecule has 0 aliphatic heterocycles. The number of aromatic amines is 3. The van der Waals surface area contributed by atoms with E-state index in [1.165, 1.54) is 65.3 Å². The molecular weight excluding hydrogens is 1620 g/mol. The number of anilines is 1. The Labute approximate surface area is 684 Å². The number of aliphatic hydroxyl groups is 1. The van der Waals surface area contributed by atoms with Gasteiger partial charge in [-0.1, -0.05) is 205 Å². The number of rotatable bonds is 14. The highest BCUT2D eigenvalue weighted by Crippen LogP contribution is 2.33. The van der Waals surface area contributed by atoms with Crippen LogP contribution in [0.15, 0.2) is 243 Å². The second-order valence-corrected chi connectivity index (χ2v) is 29.9. The summed E-state index contributed by atoms with van der Waals surface area (Å²) < 4.78 is 52.5. The topological polar surface area (TPSA) is 421 Å². The lowest BCUT2D eigenvalue weighted by Crippen LogP contribution is -2.06. The molecule has 0 aliphatic rings. The summed E-state index contributed by atoms with van der Waals surface area (Å²) >= 11 is 8.00. The van der Waals surface area contributed by atoms with E-state index in [4.69, 9.17) is 36.6 Å². The maximum Gasteiger partial charge on any atom is 0.358 e. The molecule has 0 saturated carbocycles. The van der Waals surface area contributed by atoms with Crippen molar-refractivity contribution >= 4 is 126 Å². The third-order valence-corrected chi connectivity index (χ3v) is 21.2. The Hall–Kier alpha value is -13.2. The van der Waals surface area contributed by atoms with Crippen molar-refractivity contribution in [3.05, 3.63) is 310 Å². The van der Waals surface area contributed by atoms with Gasteiger partial charge in [0.25, 0.3) is 16.7 Å². The molecule has 15 aromatic rings. The van der Waals surface area contributed by atoms with Crippen LogP contribution in [-0.4, -0.2) is 90.1 Å². The van der Waals surface area contributed by atoms with E-state index in [1.54, 1.807) is 55.5 Å². The van der Waals surface area contributed by atoms with Gasteiger partial charge in [-0.05, 0) is 160 Å². The minimum absolute atomic E-state index is 0.0108. The number of aryl methyl sites for hydroxylation is 6. The molecule has 8 aromatic carbocycles. The molecular formula is C83H71BrN16O10S5. The lowest BCUT2D eigenvalue weighted by molar-refractivity contribution is 0.0533. The molecule has 32 heteroatoms. The molecule has 7 heterocycles. The van der Waals surface area contributed by atoms with Crippen LogP contribution in [0, 0.1) is 75.5 Å². The van der Waals surface area contributed by atoms with E-state index in [9.17, 15) is 27.6 Å². The number of nitrogen functional groups attached to an aromatic ring is 1. The highest BCUT2D eigenvalue weighted by molar-refractivity contribution is 9.08. The van der Waals surface area contributed by atoms with Gasteiger partial charge in [-0.15, -0.1) is 0 Å². The number of oxime groups is 2. The summed E-state index contributed by atoms with van der Waals surface area (Å²) in [6.07, 6.45) is 4.72. The Morgan fingerprint density at radius 1 is 0.513 bits per heavy atom. The SMILES string of the molecule is CCOC(=O)c1snc(-c2cccc(C)c2)c1N.Cc1ccc(S(=O)(=O)ON=C(C#N)c2cccc(C)c2)cc1.Cc1cccc(-c2nsc3c(=O)[nH]cnc23)c1.Cc1cccc(C(C#N)=NO)c1.Cc1cccc(CC#N)c1.O=c1[nH]cnc2c(-c3cccc(CBr)c3)nsc12.O=c1[nH]cnc2c(-c3cccc(CO)c3)nsc12. The van der Waals surface area contributed by atoms with Gasteiger partial charge in [0.15, 0.2) is 16.3 Å². The Morgan fingerprint density at radius 3 is 1.34 bits per heavy atom. The molecule has 0 amide bonds. The zero-order chi connectivity index (χ0) is 82.6. The first-order valence-electron chi connectivity index (χ1n) is 34.6. The molecule has 0 fully saturated rings. The number of fused-ring (bicyclic) bond motifs is 3. The summed E-state index contributed by atoms with van der Waals surface area (Å²) in [5.74, 6) is -0.411. The molecule has 0 bridgehead atoms. The quantitative estimate of drug-likeness (QED) is 0.0194. The van der Waals surface area contributed by atoms with Crippen LogP contribution >= 0.6 is 62.1 Å². The summed E-state index contributed by atoms with van der Waals surface area (Å²) in [6.45, 7) is 13.7. The number of hydrogen-bond donors (Lipinski definition) is 6. The van der Waals surface area contributed by atoms with Crippen molar-refractivity contribution in [1.29, 1.82) is 15.8 Å². The summed E-state index contributed by atoms with van der Waals surface area (Å²) in [5, 5.41) is 50.7. The maximum absolute atomic E-state index is 12.0. The first-order chi connectivity index (χ1) is 55.5. The van der Waals surface area contributed by atoms with E-state index in [-0.39, 0.29) is 39.6 Å². The van der Waals surface area contributed by atoms with Gasteiger partial charge in [0.2, 0.25) is 0 Å². The highest BCUT2D eigenvalue weighted by atomic mass is 79.9. The van der Waals surface area contributed by atoms with Gasteiger partial charge in [0, 0.05) is 38.7 Å². The van der Waals surface area contributed by atoms with Crippen molar-refractivity contribution in [3.63, 3.8) is 0 Å². The highest BCUT2D eigenvalue weighted by Gasteiger charge is 2.21. The van der Waals surface area contributed by atoms with Gasteiger partial charge < -0.3 is 35.7 Å². The Kier molecular flexibility index (Phi) is 31.2. The van der Waals surface area contributed by atoms with Crippen molar-refractivity contribution in [3.8, 4) is 63.2 Å². The molecule has 0 radical (unpaired) electrons. The molecule has 7 N–H and O–H groups in total. The smallest absolute Gasteiger partial charge is 0.358 e. The summed E-state index contributed by atoms with van der Waals surface area (Å²) in [5.41, 5.74) is 25.0. The number of ether oxygens (including phenoxy) is 1. The summed E-state index contributed by atoms with van der Waals surface area (Å²) in [7, 11) is -4.04. The lowest BCUT2D eigenvalue weighted by atomic mass is 10.1. The van der Waals surface area contributed by atoms with Crippen LogP contribution in [-0.2, 0) is 37.5 Å². The molecule has 0 spiro atoms. The molecule has 26 nitrogen and oxygen atoms in total. The second-order valence-electron chi connectivity index (χ2n) is 24.8. The minimum Gasteiger partial charge on any atom is -0.462 e. The number of aliphatic hydroxyl groups excluding tert-OH is 1. The van der Waals surface area contributed by atoms with Crippen LogP contribution < -0.4 is 22.4 Å². The summed E-state index contributed by atoms with van der Waals surface area (Å²) in [6, 6.07) is 65.5. The van der Waals surface area contributed by atoms with Crippen LogP contribution in [0.3, 0.4) is 0 Å². The van der Waals surface area contributed by atoms with E-state index in [2.05, 4.69) is 84.0 Å². The van der Waals surface area contributed by atoms with Gasteiger partial charge in [-0.2, -0.15) is 41.7 Å². The van der Waals surface area contributed by atoms with Crippen LogP contribution in [0.1, 0.15) is 77.8 Å². The third-order valence-electron chi connectivity index (χ3n) is 16.1. The monoisotopic (exact) mass is 1690 g/mol. The fraction of sp³-hybridized carbons (Fsp3) is 0.133. The number of nitriles is 3. The number of hydrogen-bond acceptors (Lipinski definition) is 27. The fourth-order valence-corrected chi connectivity index (χ4v) is 14.6. The molecule has 15 rings (SSSR count). The number of benzene rings is 8. The third kappa shape index (κ3) is 23.4. The Bertz CT molecular complexity index is 6300. The van der Waals surface area contributed by atoms with E-state index < -0.39 is 16.1 Å². The average molecular weight is 1690 g/mol. The number of nitrogens with zero attached hydrogens (tertiary/aromatic N) is 12. The predicted octanol–water partition coefficient (Wildman–Crippen LogP) is 16.4. The van der Waals surface area contributed by atoms with E-state index >= 15 is 0 Å². The van der Waals surface area contributed by atoms with Crippen molar-refractivity contribution < 1.29 is 32.5 Å². The number of alkyl halides is 1. The van der Waals surface area contributed by atoms with Gasteiger partial charge in [-0.25, -0.2) is 19.7 Å². The summed E-state index contributed by atoms with van der Waals surface area (Å²) in [4.78, 5) is 67.0. The average Bonchev–Trinajstić information content (AvgIpc) is 1.67. The largest absolute Gasteiger partial charge is 0.462 e. The van der Waals surface area contributed by atoms with Crippen molar-refractivity contribution in [1.82, 2.24) is 47.4 Å². The van der Waals surface area contributed by atoms with E-state index in [0.717, 1.165) is 101 Å². The number of H-pyrrole nitrogens is 3. The first-order valence-corrected chi connectivity index (χ1v) is 40.2. The van der Waals surface area contributed by atoms with Crippen LogP contribution in [0.5, 0.6) is 0 Å². The molecule has 0 aliphatic carbocycles. The molecule has 0 saturated heterocycles. The van der Waals surface area contributed by atoms with Gasteiger partial charge in [0.1, 0.15) is 70.5 Å². The van der Waals surface area contributed by atoms with Gasteiger partial charge >= 0.3 is 16.1 Å². The second kappa shape index (κ2) is 41.9. The van der Waals surface area contributed by atoms with Crippen molar-refractivity contribution in [2.24, 2.45) is 10.3 Å². The van der Waals surface area contributed by atoms with E-state index in [1.807, 2.05) is 187 Å². The molecule has 115 heavy (non-hydrogen) atoms. The van der Waals surface area contributed by atoms with Crippen LogP contribution in [0.4, 0.5) is 5.69 Å². The van der Waals surface area contributed by atoms with Crippen LogP contribution in [0.2, 0.25) is 0 Å². The molecule has 0 atom stereocenters. The number of nitrogens with one attached hydrogen (secondary N) is 3. The molecule has 0 unspecified atom stereocenters. The normalized spacial score (nSPS) is 10.8. The Morgan fingerprint density at radius 2 is 0.913 bits per heavy atom.